The van der Waals surface area contributed by atoms with Crippen LogP contribution in [0.25, 0.3) is 5.69 Å². The number of nitrogens with zero attached hydrogens (tertiary/aromatic N) is 2. The molecule has 0 fully saturated rings. The Bertz CT molecular complexity index is 1170. The molecule has 154 valence electrons. The number of hydrogen-bond acceptors (Lipinski definition) is 3. The molecule has 0 bridgehead atoms. The van der Waals surface area contributed by atoms with E-state index in [9.17, 15) is 9.18 Å². The van der Waals surface area contributed by atoms with Gasteiger partial charge in [0.05, 0.1) is 17.3 Å². The van der Waals surface area contributed by atoms with E-state index in [-0.39, 0.29) is 11.7 Å². The molecule has 0 saturated heterocycles. The smallest absolute Gasteiger partial charge is 0.237 e. The first-order valence-electron chi connectivity index (χ1n) is 10.1. The molecule has 3 aromatic carbocycles. The molecule has 1 aliphatic rings. The Kier molecular flexibility index (Phi) is 5.30. The number of thioether (sulfide) groups is 1. The van der Waals surface area contributed by atoms with Crippen LogP contribution in [0.4, 0.5) is 10.2 Å². The molecule has 2 heterocycles. The number of carbonyl (C=O) groups excluding carboxylic acids is 1. The molecule has 0 spiro atoms. The summed E-state index contributed by atoms with van der Waals surface area (Å²) >= 11 is 1.77. The summed E-state index contributed by atoms with van der Waals surface area (Å²) in [5.41, 5.74) is 4.55. The minimum Gasteiger partial charge on any atom is -0.309 e. The number of nitrogens with one attached hydrogen (secondary N) is 1. The number of rotatable bonds is 5. The summed E-state index contributed by atoms with van der Waals surface area (Å²) in [6, 6.07) is 25.7. The van der Waals surface area contributed by atoms with Crippen molar-refractivity contribution in [3.63, 3.8) is 0 Å². The number of aromatic nitrogens is 2. The Morgan fingerprint density at radius 2 is 1.52 bits per heavy atom. The fourth-order valence-electron chi connectivity index (χ4n) is 3.89. The predicted molar refractivity (Wildman–Crippen MR) is 122 cm³/mol. The highest BCUT2D eigenvalue weighted by molar-refractivity contribution is 7.98. The second-order valence-electron chi connectivity index (χ2n) is 7.40. The van der Waals surface area contributed by atoms with Crippen molar-refractivity contribution in [3.8, 4) is 5.69 Å². The molecule has 1 aliphatic heterocycles. The van der Waals surface area contributed by atoms with Crippen LogP contribution in [0.3, 0.4) is 0 Å². The minimum atomic E-state index is -0.455. The average Bonchev–Trinajstić information content (AvgIpc) is 3.39. The van der Waals surface area contributed by atoms with E-state index in [4.69, 9.17) is 5.10 Å². The summed E-state index contributed by atoms with van der Waals surface area (Å²) in [4.78, 5) is 13.6. The van der Waals surface area contributed by atoms with Gasteiger partial charge < -0.3 is 5.32 Å². The zero-order valence-corrected chi connectivity index (χ0v) is 17.5. The van der Waals surface area contributed by atoms with Gasteiger partial charge in [-0.1, -0.05) is 60.7 Å². The van der Waals surface area contributed by atoms with Gasteiger partial charge in [-0.25, -0.2) is 9.07 Å². The van der Waals surface area contributed by atoms with Crippen LogP contribution in [0, 0.1) is 5.82 Å². The number of carbonyl (C=O) groups is 1. The Labute approximate surface area is 184 Å². The van der Waals surface area contributed by atoms with Gasteiger partial charge in [-0.05, 0) is 35.4 Å². The summed E-state index contributed by atoms with van der Waals surface area (Å²) in [7, 11) is 0. The van der Waals surface area contributed by atoms with Crippen molar-refractivity contribution < 1.29 is 9.18 Å². The van der Waals surface area contributed by atoms with E-state index in [0.717, 1.165) is 33.9 Å². The van der Waals surface area contributed by atoms with Gasteiger partial charge in [-0.15, -0.1) is 0 Å². The number of amides is 1. The van der Waals surface area contributed by atoms with Crippen LogP contribution in [-0.4, -0.2) is 15.7 Å². The molecule has 0 unspecified atom stereocenters. The number of halogens is 1. The fraction of sp³-hybridized carbons (Fsp3) is 0.120. The van der Waals surface area contributed by atoms with Crippen LogP contribution in [0.1, 0.15) is 28.3 Å². The highest BCUT2D eigenvalue weighted by Gasteiger charge is 2.28. The molecule has 31 heavy (non-hydrogen) atoms. The summed E-state index contributed by atoms with van der Waals surface area (Å²) in [5, 5.41) is 7.86. The van der Waals surface area contributed by atoms with Gasteiger partial charge in [0, 0.05) is 17.1 Å². The van der Waals surface area contributed by atoms with Crippen molar-refractivity contribution in [2.24, 2.45) is 0 Å². The zero-order valence-electron chi connectivity index (χ0n) is 16.7. The van der Waals surface area contributed by atoms with Crippen molar-refractivity contribution >= 4 is 23.5 Å². The van der Waals surface area contributed by atoms with Crippen molar-refractivity contribution in [1.82, 2.24) is 9.78 Å². The normalized spacial score (nSPS) is 12.7. The predicted octanol–water partition coefficient (Wildman–Crippen LogP) is 5.53. The molecule has 6 heteroatoms. The first-order valence-corrected chi connectivity index (χ1v) is 11.2. The van der Waals surface area contributed by atoms with Crippen molar-refractivity contribution in [2.75, 3.05) is 5.32 Å². The third kappa shape index (κ3) is 3.86. The van der Waals surface area contributed by atoms with E-state index < -0.39 is 5.92 Å². The maximum Gasteiger partial charge on any atom is 0.237 e. The van der Waals surface area contributed by atoms with Crippen LogP contribution in [0.5, 0.6) is 0 Å². The number of benzene rings is 3. The van der Waals surface area contributed by atoms with Crippen molar-refractivity contribution in [3.05, 3.63) is 113 Å². The lowest BCUT2D eigenvalue weighted by atomic mass is 9.90. The van der Waals surface area contributed by atoms with Crippen molar-refractivity contribution in [2.45, 2.75) is 17.4 Å². The Morgan fingerprint density at radius 1 is 0.903 bits per heavy atom. The standard InChI is InChI=1S/C25H20FN3OS/c26-19-11-13-20(14-12-19)29-24(21-15-31-16-22(21)28-29)27-25(30)23(17-7-3-1-4-8-17)18-9-5-2-6-10-18/h1-14,23H,15-16H2,(H,27,30). The van der Waals surface area contributed by atoms with Crippen LogP contribution < -0.4 is 5.32 Å². The van der Waals surface area contributed by atoms with Crippen LogP contribution in [-0.2, 0) is 16.3 Å². The van der Waals surface area contributed by atoms with Gasteiger partial charge in [-0.2, -0.15) is 16.9 Å². The van der Waals surface area contributed by atoms with E-state index in [2.05, 4.69) is 5.32 Å². The van der Waals surface area contributed by atoms with Gasteiger partial charge in [0.15, 0.2) is 0 Å². The van der Waals surface area contributed by atoms with Gasteiger partial charge in [0.25, 0.3) is 0 Å². The maximum atomic E-state index is 13.6. The SMILES string of the molecule is O=C(Nc1c2c(nn1-c1ccc(F)cc1)CSC2)C(c1ccccc1)c1ccccc1. The molecule has 0 aliphatic carbocycles. The molecule has 0 radical (unpaired) electrons. The van der Waals surface area contributed by atoms with Crippen LogP contribution in [0.2, 0.25) is 0 Å². The molecule has 5 rings (SSSR count). The Morgan fingerprint density at radius 3 is 2.13 bits per heavy atom. The summed E-state index contributed by atoms with van der Waals surface area (Å²) < 4.78 is 15.2. The number of hydrogen-bond donors (Lipinski definition) is 1. The van der Waals surface area contributed by atoms with Crippen molar-refractivity contribution in [1.29, 1.82) is 0 Å². The van der Waals surface area contributed by atoms with Crippen LogP contribution in [0.15, 0.2) is 84.9 Å². The van der Waals surface area contributed by atoms with Gasteiger partial charge >= 0.3 is 0 Å². The zero-order chi connectivity index (χ0) is 21.2. The minimum absolute atomic E-state index is 0.125. The van der Waals surface area contributed by atoms with E-state index >= 15 is 0 Å². The maximum absolute atomic E-state index is 13.6. The lowest BCUT2D eigenvalue weighted by molar-refractivity contribution is -0.116. The third-order valence-electron chi connectivity index (χ3n) is 5.39. The molecule has 1 N–H and O–H groups in total. The lowest BCUT2D eigenvalue weighted by Gasteiger charge is -2.19. The Hall–Kier alpha value is -3.38. The monoisotopic (exact) mass is 429 g/mol. The molecule has 0 saturated carbocycles. The van der Waals surface area contributed by atoms with Gasteiger partial charge in [0.2, 0.25) is 5.91 Å². The van der Waals surface area contributed by atoms with Crippen LogP contribution >= 0.6 is 11.8 Å². The largest absolute Gasteiger partial charge is 0.309 e. The first kappa shape index (κ1) is 19.6. The summed E-state index contributed by atoms with van der Waals surface area (Å²) in [6.07, 6.45) is 0. The second kappa shape index (κ2) is 8.40. The Balaban J connectivity index is 1.55. The molecule has 1 amide bonds. The number of anilines is 1. The highest BCUT2D eigenvalue weighted by atomic mass is 32.2. The van der Waals surface area contributed by atoms with Gasteiger partial charge in [-0.3, -0.25) is 4.79 Å². The second-order valence-corrected chi connectivity index (χ2v) is 8.38. The molecule has 0 atom stereocenters. The van der Waals surface area contributed by atoms with E-state index in [1.807, 2.05) is 60.7 Å². The molecule has 4 nitrogen and oxygen atoms in total. The molecule has 4 aromatic rings. The first-order chi connectivity index (χ1) is 15.2. The topological polar surface area (TPSA) is 46.9 Å². The van der Waals surface area contributed by atoms with Gasteiger partial charge in [0.1, 0.15) is 11.6 Å². The molecular formula is C25H20FN3OS. The molecular weight excluding hydrogens is 409 g/mol. The highest BCUT2D eigenvalue weighted by Crippen LogP contribution is 2.37. The average molecular weight is 430 g/mol. The molecule has 1 aromatic heterocycles. The summed E-state index contributed by atoms with van der Waals surface area (Å²) in [5.74, 6) is 1.36. The lowest BCUT2D eigenvalue weighted by Crippen LogP contribution is -2.24. The quantitative estimate of drug-likeness (QED) is 0.454. The fourth-order valence-corrected chi connectivity index (χ4v) is 4.92. The summed E-state index contributed by atoms with van der Waals surface area (Å²) in [6.45, 7) is 0. The van der Waals surface area contributed by atoms with E-state index in [0.29, 0.717) is 11.5 Å². The van der Waals surface area contributed by atoms with E-state index in [1.54, 1.807) is 28.6 Å². The van der Waals surface area contributed by atoms with E-state index in [1.165, 1.54) is 12.1 Å². The number of fused-ring (bicyclic) bond motifs is 1. The third-order valence-corrected chi connectivity index (χ3v) is 6.36.